The van der Waals surface area contributed by atoms with Crippen LogP contribution in [0.5, 0.6) is 0 Å². The largest absolute Gasteiger partial charge is 0.386 e. The van der Waals surface area contributed by atoms with Gasteiger partial charge in [-0.1, -0.05) is 12.2 Å². The second kappa shape index (κ2) is 39.3. The quantitative estimate of drug-likeness (QED) is 0.0505. The molecule has 54 nitrogen and oxygen atoms in total. The number of nitrogen functional groups attached to an aromatic ring is 3. The molecule has 24 heterocycles. The van der Waals surface area contributed by atoms with Crippen molar-refractivity contribution in [3.8, 4) is 0 Å². The standard InChI is InChI=1S/C26H27B2FN8O10P2.C26H28BFN8O10P2S.C25H26BFN8O10P2S/c1-41-21-20-14(45-26(21)36-6-11-2-3-15(38)35-12-4-5-31-23(36)16(11)12)8-43-48(27,39)46-19-13(7-42-49(28,40)47-20)44-25(17(19)29)37-10-34-18-22(30)32-9-33-24(18)37;1-40-21-20-14(44-26(21)35-6-11-2-3-15(37)34-12-4-5-30-23(35)16(11)12)7-41-47(27,38)45-19-13(8-42-48(39,49)46-20)43-25(17(19)28)36-10-33-18-22(29)31-9-32-24(18)36;26-46(38)40-6-13-20(18(37)25(43-13)34-5-10-1-2-14(36)33-11-3-4-29-22(34)15(10)11)45-47(39,48)41-7-12-19(44-46)16(27)24(42-12)35-9-32-17-21(28)30-8-31-23(17)35/h4-6,9-10,13-14,17,19-21,25-26H,2-3,7-8H2,1H3,(H,35,38)(H2,30,32,33);4-6,9-10,13-14,17,19-21,25-26H,2-3,7-8H2,1H3,(H,34,37)(H,39,49)(H2,29,31,32);3-5,8-9,12-13,16,18-20,24-25,37H,1-2,6-7H2,(H,33,36)(H,39,48)(H2,28,30,31)/t13-,14-,17?,19+,20?,21+,25-,26-,48?,49?;13-,14-,17?,19+,20?,21+,25-,26-,47?,48?;12-,13-,16?,18+,19+,20?,24-,25-,46?,47?/m111/s1. The van der Waals surface area contributed by atoms with E-state index in [2.05, 4.69) is 88.0 Å². The molecule has 12 aliphatic heterocycles. The summed E-state index contributed by atoms with van der Waals surface area (Å²) in [5.74, 6) is -0.217. The molecule has 3 amide bonds. The summed E-state index contributed by atoms with van der Waals surface area (Å²) < 4.78 is 240. The van der Waals surface area contributed by atoms with Crippen molar-refractivity contribution < 1.29 is 153 Å². The average molecular weight is 2170 g/mol. The molecule has 0 saturated carbocycles. The topological polar surface area (TPSA) is 660 Å². The van der Waals surface area contributed by atoms with E-state index in [0.29, 0.717) is 64.0 Å². The number of pyridine rings is 3. The van der Waals surface area contributed by atoms with Gasteiger partial charge in [0, 0.05) is 86.8 Å². The van der Waals surface area contributed by atoms with Crippen molar-refractivity contribution in [3.63, 3.8) is 0 Å². The lowest BCUT2D eigenvalue weighted by atomic mass is 10.1. The second-order valence-corrected chi connectivity index (χ2v) is 47.0. The number of thiol groups is 1. The van der Waals surface area contributed by atoms with Gasteiger partial charge in [0.15, 0.2) is 90.3 Å². The Morgan fingerprint density at radius 2 is 0.699 bits per heavy atom. The molecule has 0 spiro atoms. The first-order valence-electron chi connectivity index (χ1n) is 44.6. The molecule has 69 heteroatoms. The third kappa shape index (κ3) is 19.2. The number of aliphatic hydroxyl groups is 1. The van der Waals surface area contributed by atoms with Crippen molar-refractivity contribution in [2.24, 2.45) is 0 Å². The zero-order valence-corrected chi connectivity index (χ0v) is 82.7. The highest BCUT2D eigenvalue weighted by atomic mass is 32.7. The van der Waals surface area contributed by atoms with Gasteiger partial charge in [0.05, 0.1) is 75.7 Å². The molecule has 0 bridgehead atoms. The van der Waals surface area contributed by atoms with Gasteiger partial charge < -0.3 is 135 Å². The predicted octanol–water partition coefficient (Wildman–Crippen LogP) is 5.63. The number of nitrogens with two attached hydrogens (primary N) is 3. The zero-order valence-electron chi connectivity index (χ0n) is 75.6. The van der Waals surface area contributed by atoms with Crippen LogP contribution in [0.2, 0.25) is 0 Å². The van der Waals surface area contributed by atoms with E-state index in [4.69, 9.17) is 151 Å². The predicted molar refractivity (Wildman–Crippen MR) is 506 cm³/mol. The number of carbonyl (C=O) groups excluding carboxylic acids is 3. The average Bonchev–Trinajstić information content (AvgIpc) is 1.59. The van der Waals surface area contributed by atoms with Gasteiger partial charge in [-0.2, -0.15) is 0 Å². The summed E-state index contributed by atoms with van der Waals surface area (Å²) in [7, 11) is 8.67. The van der Waals surface area contributed by atoms with Gasteiger partial charge in [-0.3, -0.25) is 59.9 Å². The number of aryl methyl sites for hydroxylation is 3. The van der Waals surface area contributed by atoms with E-state index < -0.39 is 230 Å². The number of methoxy groups -OCH3 is 2. The molecule has 30 atom stereocenters. The van der Waals surface area contributed by atoms with Gasteiger partial charge in [-0.25, -0.2) is 77.5 Å². The summed E-state index contributed by atoms with van der Waals surface area (Å²) in [4.78, 5) is 97.6. The molecular formula is C77H81B4F3N24O30P6S2. The molecule has 12 unspecified atom stereocenters. The first-order chi connectivity index (χ1) is 69.7. The van der Waals surface area contributed by atoms with E-state index in [0.717, 1.165) is 22.1 Å². The van der Waals surface area contributed by atoms with Crippen molar-refractivity contribution in [1.82, 2.24) is 87.2 Å². The fourth-order valence-corrected chi connectivity index (χ4v) is 26.6. The number of hydrogen-bond acceptors (Lipinski definition) is 45. The van der Waals surface area contributed by atoms with Crippen molar-refractivity contribution >= 4 is 217 Å². The van der Waals surface area contributed by atoms with Crippen LogP contribution < -0.4 is 33.2 Å². The Kier molecular flexibility index (Phi) is 27.3. The monoisotopic (exact) mass is 2170 g/mol. The Labute approximate surface area is 834 Å². The molecule has 11 N–H and O–H groups in total. The minimum absolute atomic E-state index is 0.0579. The van der Waals surface area contributed by atoms with E-state index in [-0.39, 0.29) is 87.9 Å². The Hall–Kier alpha value is -9.15. The first-order valence-corrected chi connectivity index (χ1v) is 56.4. The van der Waals surface area contributed by atoms with E-state index in [1.165, 1.54) is 78.3 Å². The van der Waals surface area contributed by atoms with Gasteiger partial charge >= 0.3 is 13.5 Å². The smallest absolute Gasteiger partial charge is 0.386 e. The van der Waals surface area contributed by atoms with Crippen LogP contribution in [0, 0.1) is 0 Å². The highest BCUT2D eigenvalue weighted by Crippen LogP contribution is 2.62. The maximum Gasteiger partial charge on any atom is 0.386 e. The van der Waals surface area contributed by atoms with Gasteiger partial charge in [0.25, 0.3) is 29.9 Å². The SMILES string of the molecule is [B]P1(=O)OC[C@H]2O[C@@H](n3cc4c5c(ccnc53)NC(=O)CC4)[C@@H](O)C2OP(O)(=S)OC[C@H]2O[C@@H](n3cnc4c(N)ncnc43)C(F)[C@H]2O1.[B]P1(=O)OC[C@H]2O[C@@H](n3cc4c5c(ccnc53)NC(=O)CC4)[C@@H](OC)C2OP(=O)(S)OC[C@H]2O[C@@H](n3cnc4c(N)ncnc43)C(F)[C@H]2O1.[B]P1(=O)OC[C@H]2O[C@@H](n3cnc4c(N)ncnc43)C(F)[C@H]2OP([B])(=O)OC[C@H]2O[C@@H](n3cc4c5c(ccnc53)NC(=O)CC4)[C@@H](OC)C2O1. The molecule has 12 aromatic heterocycles. The van der Waals surface area contributed by atoms with Crippen LogP contribution in [0.4, 0.5) is 47.7 Å². The number of hydrogen-bond donors (Lipinski definition) is 9. The van der Waals surface area contributed by atoms with Crippen molar-refractivity contribution in [3.05, 3.63) is 110 Å². The summed E-state index contributed by atoms with van der Waals surface area (Å²) in [5.41, 5.74) is 24.2. The Morgan fingerprint density at radius 3 is 1.05 bits per heavy atom. The van der Waals surface area contributed by atoms with E-state index >= 15 is 13.2 Å². The number of carbonyl (C=O) groups is 3. The van der Waals surface area contributed by atoms with E-state index in [1.807, 2.05) is 0 Å². The fourth-order valence-electron chi connectivity index (χ4n) is 19.6. The van der Waals surface area contributed by atoms with E-state index in [9.17, 15) is 47.2 Å². The summed E-state index contributed by atoms with van der Waals surface area (Å²) in [6.45, 7) is -12.0. The number of nitrogens with one attached hydrogen (secondary N) is 3. The minimum Gasteiger partial charge on any atom is -0.386 e. The molecule has 9 fully saturated rings. The first kappa shape index (κ1) is 101. The summed E-state index contributed by atoms with van der Waals surface area (Å²) in [6, 6.07) is 5.06. The second-order valence-electron chi connectivity index (χ2n) is 35.2. The lowest BCUT2D eigenvalue weighted by Gasteiger charge is -2.30. The number of aromatic nitrogens is 18. The number of fused-ring (bicyclic) bond motifs is 9. The molecule has 8 radical (unpaired) electrons. The van der Waals surface area contributed by atoms with Crippen LogP contribution in [0.15, 0.2) is 93.3 Å². The third-order valence-corrected chi connectivity index (χ3v) is 33.5. The highest BCUT2D eigenvalue weighted by Gasteiger charge is 2.60. The van der Waals surface area contributed by atoms with Crippen molar-refractivity contribution in [2.45, 2.75) is 186 Å². The van der Waals surface area contributed by atoms with Gasteiger partial charge in [-0.05, 0) is 66.0 Å². The molecule has 0 aliphatic carbocycles. The number of aliphatic hydroxyl groups excluding tert-OH is 1. The number of halogens is 3. The number of nitrogens with zero attached hydrogens (tertiary/aromatic N) is 18. The molecule has 24 rings (SSSR count). The minimum atomic E-state index is -4.55. The number of anilines is 6. The molecule has 0 aromatic carbocycles. The van der Waals surface area contributed by atoms with Crippen molar-refractivity contribution in [1.29, 1.82) is 0 Å². The Bertz CT molecular complexity index is 7230. The third-order valence-electron chi connectivity index (χ3n) is 26.2. The van der Waals surface area contributed by atoms with Crippen LogP contribution in [-0.4, -0.2) is 309 Å². The summed E-state index contributed by atoms with van der Waals surface area (Å²) in [6.07, 6.45) is -14.0. The Morgan fingerprint density at radius 1 is 0.397 bits per heavy atom. The molecule has 146 heavy (non-hydrogen) atoms. The van der Waals surface area contributed by atoms with Crippen LogP contribution in [-0.2, 0) is 160 Å². The lowest BCUT2D eigenvalue weighted by Crippen LogP contribution is -2.39. The Balaban J connectivity index is 0.000000125. The van der Waals surface area contributed by atoms with Gasteiger partial charge in [0.2, 0.25) is 48.0 Å². The fraction of sp³-hybridized carbons (Fsp3) is 0.494. The van der Waals surface area contributed by atoms with Crippen LogP contribution >= 0.6 is 55.7 Å². The number of amides is 3. The van der Waals surface area contributed by atoms with Gasteiger partial charge in [-0.15, -0.1) is 0 Å². The molecule has 764 valence electrons. The van der Waals surface area contributed by atoms with Crippen LogP contribution in [0.25, 0.3) is 66.6 Å². The molecule has 12 aliphatic rings. The maximum atomic E-state index is 16.1. The zero-order chi connectivity index (χ0) is 102. The molecular weight excluding hydrogens is 2090 g/mol. The number of imidazole rings is 3. The number of alkyl halides is 3. The van der Waals surface area contributed by atoms with Crippen LogP contribution in [0.3, 0.4) is 0 Å². The summed E-state index contributed by atoms with van der Waals surface area (Å²) in [5, 5.41) is 22.2. The molecule has 12 aromatic rings. The number of ether oxygens (including phenoxy) is 8. The highest BCUT2D eigenvalue weighted by molar-refractivity contribution is 8.44. The summed E-state index contributed by atoms with van der Waals surface area (Å²) >= 11 is 9.46. The lowest BCUT2D eigenvalue weighted by molar-refractivity contribution is -0.116. The van der Waals surface area contributed by atoms with Crippen LogP contribution in [0.1, 0.15) is 73.3 Å². The maximum absolute atomic E-state index is 16.1. The normalized spacial score (nSPS) is 37.0. The van der Waals surface area contributed by atoms with Gasteiger partial charge in [0.1, 0.15) is 144 Å². The number of rotatable bonds is 8. The van der Waals surface area contributed by atoms with Crippen molar-refractivity contribution in [2.75, 3.05) is 87.0 Å². The molecule has 9 saturated heterocycles. The van der Waals surface area contributed by atoms with E-state index in [1.54, 1.807) is 56.7 Å².